The first-order valence-corrected chi connectivity index (χ1v) is 9.00. The number of rotatable bonds is 3. The maximum atomic E-state index is 13.5. The number of nitrogens with zero attached hydrogens (tertiary/aromatic N) is 2. The van der Waals surface area contributed by atoms with E-state index in [4.69, 9.17) is 4.74 Å². The third-order valence-electron chi connectivity index (χ3n) is 5.15. The van der Waals surface area contributed by atoms with E-state index in [0.29, 0.717) is 12.6 Å². The molecule has 0 radical (unpaired) electrons. The van der Waals surface area contributed by atoms with E-state index in [1.807, 2.05) is 47.4 Å². The van der Waals surface area contributed by atoms with E-state index >= 15 is 0 Å². The average molecular weight is 336 g/mol. The highest BCUT2D eigenvalue weighted by atomic mass is 16.5. The van der Waals surface area contributed by atoms with Crippen LogP contribution in [-0.2, 0) is 11.3 Å². The van der Waals surface area contributed by atoms with Gasteiger partial charge in [-0.05, 0) is 31.5 Å². The molecular weight excluding hydrogens is 312 g/mol. The highest BCUT2D eigenvalue weighted by Crippen LogP contribution is 2.37. The van der Waals surface area contributed by atoms with Crippen molar-refractivity contribution in [3.8, 4) is 5.75 Å². The van der Waals surface area contributed by atoms with Crippen molar-refractivity contribution >= 4 is 11.6 Å². The van der Waals surface area contributed by atoms with Crippen LogP contribution in [0, 0.1) is 0 Å². The molecule has 130 valence electrons. The average Bonchev–Trinajstić information content (AvgIpc) is 3.05. The van der Waals surface area contributed by atoms with Crippen molar-refractivity contribution in [3.63, 3.8) is 0 Å². The number of carbonyl (C=O) groups is 1. The number of amides is 1. The zero-order valence-electron chi connectivity index (χ0n) is 14.8. The van der Waals surface area contributed by atoms with Gasteiger partial charge < -0.3 is 9.64 Å². The molecule has 25 heavy (non-hydrogen) atoms. The zero-order chi connectivity index (χ0) is 17.4. The van der Waals surface area contributed by atoms with Crippen LogP contribution >= 0.6 is 0 Å². The standard InChI is InChI=1S/C21H24N2O2/c1-15(2)22-14-17-12-19(22)21(24)23(13-16-8-4-3-5-9-16)18-10-6-7-11-20(18)25-17/h3-11,15,17,19H,12-14H2,1-2H3/t17-,19-/m0/s1. The molecule has 0 unspecified atom stereocenters. The highest BCUT2D eigenvalue weighted by molar-refractivity contribution is 5.99. The Bertz CT molecular complexity index is 760. The van der Waals surface area contributed by atoms with E-state index in [0.717, 1.165) is 30.0 Å². The topological polar surface area (TPSA) is 32.8 Å². The van der Waals surface area contributed by atoms with E-state index in [9.17, 15) is 4.79 Å². The van der Waals surface area contributed by atoms with Crippen molar-refractivity contribution < 1.29 is 9.53 Å². The van der Waals surface area contributed by atoms with E-state index in [1.54, 1.807) is 0 Å². The molecule has 4 rings (SSSR count). The Morgan fingerprint density at radius 2 is 1.80 bits per heavy atom. The molecule has 0 saturated carbocycles. The summed E-state index contributed by atoms with van der Waals surface area (Å²) in [5.74, 6) is 0.983. The van der Waals surface area contributed by atoms with Crippen LogP contribution in [-0.4, -0.2) is 35.5 Å². The van der Waals surface area contributed by atoms with Gasteiger partial charge in [-0.25, -0.2) is 0 Å². The van der Waals surface area contributed by atoms with Gasteiger partial charge in [0.2, 0.25) is 5.91 Å². The summed E-state index contributed by atoms with van der Waals surface area (Å²) in [6.45, 7) is 5.67. The van der Waals surface area contributed by atoms with Crippen molar-refractivity contribution in [2.24, 2.45) is 0 Å². The minimum Gasteiger partial charge on any atom is -0.487 e. The van der Waals surface area contributed by atoms with E-state index < -0.39 is 0 Å². The van der Waals surface area contributed by atoms with Crippen LogP contribution in [0.5, 0.6) is 5.75 Å². The number of fused-ring (bicyclic) bond motifs is 3. The summed E-state index contributed by atoms with van der Waals surface area (Å²) in [7, 11) is 0. The molecule has 0 N–H and O–H groups in total. The van der Waals surface area contributed by atoms with Gasteiger partial charge in [-0.1, -0.05) is 42.5 Å². The Balaban J connectivity index is 1.75. The van der Waals surface area contributed by atoms with E-state index in [1.165, 1.54) is 0 Å². The molecule has 0 aromatic heterocycles. The summed E-state index contributed by atoms with van der Waals surface area (Å²) < 4.78 is 6.29. The smallest absolute Gasteiger partial charge is 0.244 e. The van der Waals surface area contributed by atoms with Gasteiger partial charge in [-0.2, -0.15) is 0 Å². The molecule has 2 heterocycles. The molecule has 2 atom stereocenters. The molecular formula is C21H24N2O2. The predicted octanol–water partition coefficient (Wildman–Crippen LogP) is 3.46. The van der Waals surface area contributed by atoms with Crippen LogP contribution in [0.4, 0.5) is 5.69 Å². The third kappa shape index (κ3) is 3.02. The number of likely N-dealkylation sites (tertiary alicyclic amines) is 1. The minimum atomic E-state index is -0.109. The lowest BCUT2D eigenvalue weighted by Gasteiger charge is -2.33. The number of ether oxygens (including phenoxy) is 1. The van der Waals surface area contributed by atoms with Crippen LogP contribution in [0.3, 0.4) is 0 Å². The van der Waals surface area contributed by atoms with Crippen molar-refractivity contribution in [2.45, 2.75) is 45.0 Å². The number of carbonyl (C=O) groups excluding carboxylic acids is 1. The quantitative estimate of drug-likeness (QED) is 0.860. The van der Waals surface area contributed by atoms with Crippen molar-refractivity contribution in [1.29, 1.82) is 0 Å². The molecule has 4 heteroatoms. The summed E-state index contributed by atoms with van der Waals surface area (Å²) >= 11 is 0. The Morgan fingerprint density at radius 3 is 2.56 bits per heavy atom. The van der Waals surface area contributed by atoms with Gasteiger partial charge in [0, 0.05) is 19.0 Å². The van der Waals surface area contributed by atoms with Gasteiger partial charge in [0.25, 0.3) is 0 Å². The molecule has 1 fully saturated rings. The Kier molecular flexibility index (Phi) is 4.22. The summed E-state index contributed by atoms with van der Waals surface area (Å²) in [6, 6.07) is 18.3. The second-order valence-corrected chi connectivity index (χ2v) is 7.16. The first kappa shape index (κ1) is 16.2. The van der Waals surface area contributed by atoms with E-state index in [-0.39, 0.29) is 18.1 Å². The Morgan fingerprint density at radius 1 is 1.08 bits per heavy atom. The van der Waals surface area contributed by atoms with Gasteiger partial charge in [-0.3, -0.25) is 9.69 Å². The van der Waals surface area contributed by atoms with Crippen LogP contribution in [0.15, 0.2) is 54.6 Å². The fraction of sp³-hybridized carbons (Fsp3) is 0.381. The fourth-order valence-corrected chi connectivity index (χ4v) is 3.91. The van der Waals surface area contributed by atoms with Gasteiger partial charge >= 0.3 is 0 Å². The molecule has 2 aliphatic rings. The number of para-hydroxylation sites is 2. The lowest BCUT2D eigenvalue weighted by atomic mass is 10.1. The summed E-state index contributed by atoms with van der Waals surface area (Å²) in [4.78, 5) is 17.6. The van der Waals surface area contributed by atoms with Gasteiger partial charge in [0.05, 0.1) is 18.3 Å². The van der Waals surface area contributed by atoms with Crippen molar-refractivity contribution in [3.05, 3.63) is 60.2 Å². The number of benzene rings is 2. The SMILES string of the molecule is CC(C)N1C[C@@H]2C[C@H]1C(=O)N(Cc1ccccc1)c1ccccc1O2. The molecule has 2 bridgehead atoms. The van der Waals surface area contributed by atoms with Crippen molar-refractivity contribution in [1.82, 2.24) is 4.90 Å². The first-order valence-electron chi connectivity index (χ1n) is 9.00. The Hall–Kier alpha value is -2.33. The van der Waals surface area contributed by atoms with Crippen molar-refractivity contribution in [2.75, 3.05) is 11.4 Å². The summed E-state index contributed by atoms with van der Waals surface area (Å²) in [5, 5.41) is 0. The lowest BCUT2D eigenvalue weighted by molar-refractivity contribution is -0.123. The van der Waals surface area contributed by atoms with Gasteiger partial charge in [-0.15, -0.1) is 0 Å². The fourth-order valence-electron chi connectivity index (χ4n) is 3.91. The maximum Gasteiger partial charge on any atom is 0.244 e. The van der Waals surface area contributed by atoms with Crippen LogP contribution < -0.4 is 9.64 Å². The van der Waals surface area contributed by atoms with Crippen LogP contribution in [0.1, 0.15) is 25.8 Å². The van der Waals surface area contributed by atoms with Crippen LogP contribution in [0.25, 0.3) is 0 Å². The molecule has 2 aliphatic heterocycles. The molecule has 2 aromatic carbocycles. The highest BCUT2D eigenvalue weighted by Gasteiger charge is 2.43. The van der Waals surface area contributed by atoms with Gasteiger partial charge in [0.15, 0.2) is 0 Å². The summed E-state index contributed by atoms with van der Waals surface area (Å²) in [6.07, 6.45) is 0.841. The molecule has 1 amide bonds. The minimum absolute atomic E-state index is 0.0800. The molecule has 0 aliphatic carbocycles. The summed E-state index contributed by atoms with van der Waals surface area (Å²) in [5.41, 5.74) is 1.99. The maximum absolute atomic E-state index is 13.5. The first-order chi connectivity index (χ1) is 12.1. The lowest BCUT2D eigenvalue weighted by Crippen LogP contribution is -2.48. The molecule has 4 nitrogen and oxygen atoms in total. The monoisotopic (exact) mass is 336 g/mol. The largest absolute Gasteiger partial charge is 0.487 e. The molecule has 1 saturated heterocycles. The molecule has 2 aromatic rings. The number of anilines is 1. The normalized spacial score (nSPS) is 23.2. The van der Waals surface area contributed by atoms with E-state index in [2.05, 4.69) is 30.9 Å². The zero-order valence-corrected chi connectivity index (χ0v) is 14.8. The second kappa shape index (κ2) is 6.52. The second-order valence-electron chi connectivity index (χ2n) is 7.16. The number of hydrogen-bond donors (Lipinski definition) is 0. The predicted molar refractivity (Wildman–Crippen MR) is 98.7 cm³/mol. The van der Waals surface area contributed by atoms with Gasteiger partial charge in [0.1, 0.15) is 11.9 Å². The van der Waals surface area contributed by atoms with Crippen LogP contribution in [0.2, 0.25) is 0 Å². The number of hydrogen-bond acceptors (Lipinski definition) is 3. The third-order valence-corrected chi connectivity index (χ3v) is 5.15. The Labute approximate surface area is 149 Å². The molecule has 0 spiro atoms.